The smallest absolute Gasteiger partial charge is 0.308 e. The number of carbonyl (C=O) groups is 1. The predicted molar refractivity (Wildman–Crippen MR) is 59.1 cm³/mol. The Bertz CT molecular complexity index is 173. The highest BCUT2D eigenvalue weighted by atomic mass is 16.5. The summed E-state index contributed by atoms with van der Waals surface area (Å²) in [4.78, 5) is 11.2. The average molecular weight is 198 g/mol. The van der Waals surface area contributed by atoms with Crippen LogP contribution >= 0.6 is 0 Å². The van der Waals surface area contributed by atoms with Crippen LogP contribution in [0.3, 0.4) is 0 Å². The molecule has 0 radical (unpaired) electrons. The van der Waals surface area contributed by atoms with E-state index in [2.05, 4.69) is 19.1 Å². The van der Waals surface area contributed by atoms with Crippen molar-refractivity contribution in [2.45, 2.75) is 46.5 Å². The number of hydrogen-bond donors (Lipinski definition) is 0. The van der Waals surface area contributed by atoms with Gasteiger partial charge in [-0.15, -0.1) is 0 Å². The van der Waals surface area contributed by atoms with E-state index in [0.717, 1.165) is 19.3 Å². The molecule has 0 spiro atoms. The topological polar surface area (TPSA) is 26.3 Å². The van der Waals surface area contributed by atoms with Crippen LogP contribution in [0.15, 0.2) is 12.2 Å². The summed E-state index contributed by atoms with van der Waals surface area (Å²) in [7, 11) is 0. The molecule has 0 saturated heterocycles. The fourth-order valence-electron chi connectivity index (χ4n) is 0.939. The molecule has 82 valence electrons. The van der Waals surface area contributed by atoms with Crippen molar-refractivity contribution in [2.24, 2.45) is 5.92 Å². The zero-order valence-corrected chi connectivity index (χ0v) is 9.58. The Morgan fingerprint density at radius 1 is 1.29 bits per heavy atom. The first kappa shape index (κ1) is 13.2. The van der Waals surface area contributed by atoms with Crippen LogP contribution in [0.4, 0.5) is 0 Å². The van der Waals surface area contributed by atoms with Gasteiger partial charge in [0, 0.05) is 0 Å². The molecular formula is C12H22O2. The third-order valence-corrected chi connectivity index (χ3v) is 2.17. The molecule has 0 aliphatic carbocycles. The lowest BCUT2D eigenvalue weighted by atomic mass is 10.1. The molecular weight excluding hydrogens is 176 g/mol. The summed E-state index contributed by atoms with van der Waals surface area (Å²) in [5, 5.41) is 0. The van der Waals surface area contributed by atoms with Crippen LogP contribution in [0.2, 0.25) is 0 Å². The lowest BCUT2D eigenvalue weighted by Crippen LogP contribution is -2.14. The Labute approximate surface area is 87.3 Å². The molecule has 0 fully saturated rings. The van der Waals surface area contributed by atoms with Crippen LogP contribution in [0.5, 0.6) is 0 Å². The van der Waals surface area contributed by atoms with Crippen molar-refractivity contribution in [1.82, 2.24) is 0 Å². The highest BCUT2D eigenvalue weighted by Gasteiger charge is 2.10. The first-order chi connectivity index (χ1) is 6.72. The van der Waals surface area contributed by atoms with Gasteiger partial charge in [0.2, 0.25) is 0 Å². The van der Waals surface area contributed by atoms with Gasteiger partial charge in [-0.25, -0.2) is 0 Å². The lowest BCUT2D eigenvalue weighted by Gasteiger charge is -2.07. The van der Waals surface area contributed by atoms with Gasteiger partial charge in [-0.3, -0.25) is 4.79 Å². The van der Waals surface area contributed by atoms with Crippen LogP contribution in [0.25, 0.3) is 0 Å². The monoisotopic (exact) mass is 198 g/mol. The summed E-state index contributed by atoms with van der Waals surface area (Å²) in [5.41, 5.74) is 0. The molecule has 0 aliphatic rings. The van der Waals surface area contributed by atoms with Crippen molar-refractivity contribution < 1.29 is 9.53 Å². The first-order valence-electron chi connectivity index (χ1n) is 5.54. The van der Waals surface area contributed by atoms with Crippen LogP contribution in [0.1, 0.15) is 46.5 Å². The van der Waals surface area contributed by atoms with Crippen molar-refractivity contribution in [3.05, 3.63) is 12.2 Å². The molecule has 0 aromatic heterocycles. The van der Waals surface area contributed by atoms with E-state index < -0.39 is 0 Å². The van der Waals surface area contributed by atoms with Crippen LogP contribution in [-0.4, -0.2) is 12.6 Å². The molecule has 0 aromatic carbocycles. The predicted octanol–water partition coefficient (Wildman–Crippen LogP) is 3.32. The fraction of sp³-hybridized carbons (Fsp3) is 0.750. The minimum Gasteiger partial charge on any atom is -0.465 e. The van der Waals surface area contributed by atoms with E-state index in [1.165, 1.54) is 6.42 Å². The maximum atomic E-state index is 11.2. The minimum atomic E-state index is -0.0728. The number of esters is 1. The van der Waals surface area contributed by atoms with Crippen molar-refractivity contribution in [1.29, 1.82) is 0 Å². The zero-order valence-electron chi connectivity index (χ0n) is 9.58. The summed E-state index contributed by atoms with van der Waals surface area (Å²) in [5.74, 6) is -0.0361. The maximum Gasteiger partial charge on any atom is 0.308 e. The lowest BCUT2D eigenvalue weighted by molar-refractivity contribution is -0.147. The molecule has 0 N–H and O–H groups in total. The third kappa shape index (κ3) is 6.70. The van der Waals surface area contributed by atoms with Crippen molar-refractivity contribution in [3.8, 4) is 0 Å². The van der Waals surface area contributed by atoms with E-state index in [9.17, 15) is 4.79 Å². The van der Waals surface area contributed by atoms with Gasteiger partial charge >= 0.3 is 5.97 Å². The van der Waals surface area contributed by atoms with E-state index in [0.29, 0.717) is 6.61 Å². The highest BCUT2D eigenvalue weighted by molar-refractivity contribution is 5.71. The van der Waals surface area contributed by atoms with Crippen molar-refractivity contribution in [3.63, 3.8) is 0 Å². The molecule has 0 bridgehead atoms. The fourth-order valence-corrected chi connectivity index (χ4v) is 0.939. The Hall–Kier alpha value is -0.790. The van der Waals surface area contributed by atoms with Gasteiger partial charge in [0.25, 0.3) is 0 Å². The van der Waals surface area contributed by atoms with Crippen LogP contribution in [-0.2, 0) is 9.53 Å². The molecule has 2 heteroatoms. The molecule has 0 aromatic rings. The van der Waals surface area contributed by atoms with Crippen molar-refractivity contribution >= 4 is 5.97 Å². The van der Waals surface area contributed by atoms with E-state index in [1.807, 2.05) is 13.8 Å². The Kier molecular flexibility index (Phi) is 8.30. The maximum absolute atomic E-state index is 11.2. The summed E-state index contributed by atoms with van der Waals surface area (Å²) in [6, 6.07) is 0. The number of allylic oxidation sites excluding steroid dienone is 1. The summed E-state index contributed by atoms with van der Waals surface area (Å²) < 4.78 is 5.08. The second kappa shape index (κ2) is 8.79. The van der Waals surface area contributed by atoms with Crippen molar-refractivity contribution in [2.75, 3.05) is 6.61 Å². The average Bonchev–Trinajstić information content (AvgIpc) is 2.21. The number of rotatable bonds is 7. The molecule has 0 heterocycles. The van der Waals surface area contributed by atoms with Gasteiger partial charge in [-0.2, -0.15) is 0 Å². The highest BCUT2D eigenvalue weighted by Crippen LogP contribution is 2.03. The molecule has 1 unspecified atom stereocenters. The molecule has 1 atom stereocenters. The molecule has 0 aliphatic heterocycles. The quantitative estimate of drug-likeness (QED) is 0.356. The van der Waals surface area contributed by atoms with Gasteiger partial charge in [-0.05, 0) is 19.3 Å². The van der Waals surface area contributed by atoms with E-state index >= 15 is 0 Å². The summed E-state index contributed by atoms with van der Waals surface area (Å²) in [6.45, 7) is 6.55. The number of carbonyl (C=O) groups excluding carboxylic acids is 1. The van der Waals surface area contributed by atoms with Gasteiger partial charge < -0.3 is 4.74 Å². The number of hydrogen-bond acceptors (Lipinski definition) is 2. The Balaban J connectivity index is 3.40. The second-order valence-corrected chi connectivity index (χ2v) is 3.53. The number of ether oxygens (including phenoxy) is 1. The molecule has 2 nitrogen and oxygen atoms in total. The largest absolute Gasteiger partial charge is 0.465 e. The third-order valence-electron chi connectivity index (χ3n) is 2.17. The Morgan fingerprint density at radius 2 is 1.93 bits per heavy atom. The van der Waals surface area contributed by atoms with E-state index in [-0.39, 0.29) is 11.9 Å². The van der Waals surface area contributed by atoms with Gasteiger partial charge in [0.05, 0.1) is 12.5 Å². The molecule has 0 amide bonds. The van der Waals surface area contributed by atoms with Gasteiger partial charge in [-0.1, -0.05) is 39.3 Å². The first-order valence-corrected chi connectivity index (χ1v) is 5.54. The number of unbranched alkanes of at least 4 members (excludes halogenated alkanes) is 1. The minimum absolute atomic E-state index is 0.0367. The summed E-state index contributed by atoms with van der Waals surface area (Å²) in [6.07, 6.45) is 8.18. The SMILES string of the molecule is CCC/C=C\CCOC(=O)C(C)CC. The zero-order chi connectivity index (χ0) is 10.8. The van der Waals surface area contributed by atoms with Gasteiger partial charge in [0.1, 0.15) is 0 Å². The van der Waals surface area contributed by atoms with Crippen LogP contribution < -0.4 is 0 Å². The van der Waals surface area contributed by atoms with E-state index in [4.69, 9.17) is 4.74 Å². The van der Waals surface area contributed by atoms with E-state index in [1.54, 1.807) is 0 Å². The molecule has 14 heavy (non-hydrogen) atoms. The second-order valence-electron chi connectivity index (χ2n) is 3.53. The normalized spacial score (nSPS) is 13.1. The summed E-state index contributed by atoms with van der Waals surface area (Å²) >= 11 is 0. The molecule has 0 rings (SSSR count). The Morgan fingerprint density at radius 3 is 2.50 bits per heavy atom. The standard InChI is InChI=1S/C12H22O2/c1-4-6-7-8-9-10-14-12(13)11(3)5-2/h7-8,11H,4-6,9-10H2,1-3H3/b8-7-. The van der Waals surface area contributed by atoms with Crippen LogP contribution in [0, 0.1) is 5.92 Å². The van der Waals surface area contributed by atoms with Gasteiger partial charge in [0.15, 0.2) is 0 Å². The molecule has 0 saturated carbocycles.